The highest BCUT2D eigenvalue weighted by Crippen LogP contribution is 1.99. The maximum absolute atomic E-state index is 11.2. The van der Waals surface area contributed by atoms with Crippen LogP contribution in [0.3, 0.4) is 0 Å². The molecule has 0 bridgehead atoms. The highest BCUT2D eigenvalue weighted by Gasteiger charge is 2.07. The van der Waals surface area contributed by atoms with Crippen molar-refractivity contribution >= 4 is 23.6 Å². The summed E-state index contributed by atoms with van der Waals surface area (Å²) in [6, 6.07) is 0. The van der Waals surface area contributed by atoms with E-state index in [0.717, 1.165) is 0 Å². The van der Waals surface area contributed by atoms with Crippen molar-refractivity contribution in [2.45, 2.75) is 25.7 Å². The molecule has 0 saturated heterocycles. The second-order valence-electron chi connectivity index (χ2n) is 3.83. The molecule has 0 heterocycles. The van der Waals surface area contributed by atoms with E-state index in [1.807, 2.05) is 0 Å². The number of carbonyl (C=O) groups is 4. The lowest BCUT2D eigenvalue weighted by atomic mass is 10.2. The van der Waals surface area contributed by atoms with E-state index < -0.39 is 11.8 Å². The molecule has 0 unspecified atom stereocenters. The topological polar surface area (TPSA) is 157 Å². The highest BCUT2D eigenvalue weighted by molar-refractivity contribution is 5.84. The van der Waals surface area contributed by atoms with E-state index in [0.29, 0.717) is 12.8 Å². The summed E-state index contributed by atoms with van der Waals surface area (Å²) in [5, 5.41) is 20.9. The van der Waals surface area contributed by atoms with Crippen LogP contribution in [0.25, 0.3) is 0 Å². The summed E-state index contributed by atoms with van der Waals surface area (Å²) in [6.07, 6.45) is 1.16. The van der Waals surface area contributed by atoms with Crippen LogP contribution in [0.5, 0.6) is 0 Å². The molecule has 0 fully saturated rings. The Bertz CT molecular complexity index is 326. The van der Waals surface area contributed by atoms with Crippen LogP contribution in [0.1, 0.15) is 25.7 Å². The van der Waals surface area contributed by atoms with Crippen LogP contribution >= 0.6 is 0 Å². The molecule has 0 rings (SSSR count). The Morgan fingerprint density at radius 3 is 1.30 bits per heavy atom. The number of hydroxylamine groups is 2. The second-order valence-corrected chi connectivity index (χ2v) is 3.83. The molecule has 0 atom stereocenters. The summed E-state index contributed by atoms with van der Waals surface area (Å²) in [6.45, 7) is -0.627. The standard InChI is InChI=1S/C10H18N4O6/c15-7(11-5-9(17)13-19)3-1-2-4-8(16)12-6-10(18)14-20/h19-20H,1-6H2,(H,11,15)(H,12,16)(H,13,17)(H,14,18). The lowest BCUT2D eigenvalue weighted by Crippen LogP contribution is -2.35. The average molecular weight is 290 g/mol. The van der Waals surface area contributed by atoms with Gasteiger partial charge in [-0.25, -0.2) is 11.0 Å². The average Bonchev–Trinajstić information content (AvgIpc) is 2.46. The maximum Gasteiger partial charge on any atom is 0.262 e. The first-order chi connectivity index (χ1) is 9.49. The fourth-order valence-corrected chi connectivity index (χ4v) is 1.18. The molecule has 0 spiro atoms. The Morgan fingerprint density at radius 2 is 1.00 bits per heavy atom. The Balaban J connectivity index is 3.55. The predicted octanol–water partition coefficient (Wildman–Crippen LogP) is -2.21. The van der Waals surface area contributed by atoms with E-state index in [-0.39, 0.29) is 37.7 Å². The minimum atomic E-state index is -0.722. The van der Waals surface area contributed by atoms with Gasteiger partial charge in [0.25, 0.3) is 11.8 Å². The molecule has 10 nitrogen and oxygen atoms in total. The van der Waals surface area contributed by atoms with Gasteiger partial charge < -0.3 is 10.6 Å². The number of carbonyl (C=O) groups excluding carboxylic acids is 4. The lowest BCUT2D eigenvalue weighted by molar-refractivity contribution is -0.131. The quantitative estimate of drug-likeness (QED) is 0.160. The van der Waals surface area contributed by atoms with Crippen molar-refractivity contribution in [1.82, 2.24) is 21.6 Å². The van der Waals surface area contributed by atoms with E-state index in [9.17, 15) is 19.2 Å². The Kier molecular flexibility index (Phi) is 9.52. The number of rotatable bonds is 9. The van der Waals surface area contributed by atoms with Crippen LogP contribution in [-0.4, -0.2) is 47.1 Å². The predicted molar refractivity (Wildman–Crippen MR) is 64.3 cm³/mol. The molecule has 0 aliphatic carbocycles. The highest BCUT2D eigenvalue weighted by atomic mass is 16.5. The monoisotopic (exact) mass is 290 g/mol. The van der Waals surface area contributed by atoms with Crippen molar-refractivity contribution in [3.8, 4) is 0 Å². The summed E-state index contributed by atoms with van der Waals surface area (Å²) >= 11 is 0. The molecule has 0 radical (unpaired) electrons. The zero-order chi connectivity index (χ0) is 15.4. The van der Waals surface area contributed by atoms with Gasteiger partial charge in [-0.15, -0.1) is 0 Å². The van der Waals surface area contributed by atoms with Crippen molar-refractivity contribution < 1.29 is 29.6 Å². The third-order valence-electron chi connectivity index (χ3n) is 2.20. The van der Waals surface area contributed by atoms with E-state index in [1.165, 1.54) is 11.0 Å². The first-order valence-corrected chi connectivity index (χ1v) is 5.89. The Labute approximate surface area is 114 Å². The zero-order valence-electron chi connectivity index (χ0n) is 10.8. The minimum absolute atomic E-state index is 0.142. The fraction of sp³-hybridized carbons (Fsp3) is 0.600. The summed E-state index contributed by atoms with van der Waals surface area (Å²) in [5.41, 5.74) is 2.75. The van der Waals surface area contributed by atoms with Crippen molar-refractivity contribution in [3.63, 3.8) is 0 Å². The SMILES string of the molecule is O=C(CNC(=O)CCCCC(=O)NCC(=O)NO)NO. The number of amides is 4. The number of nitrogens with one attached hydrogen (secondary N) is 4. The molecule has 114 valence electrons. The summed E-state index contributed by atoms with van der Waals surface area (Å²) in [4.78, 5) is 43.6. The molecule has 6 N–H and O–H groups in total. The van der Waals surface area contributed by atoms with Crippen LogP contribution in [0.4, 0.5) is 0 Å². The molecule has 4 amide bonds. The zero-order valence-corrected chi connectivity index (χ0v) is 10.8. The first kappa shape index (κ1) is 17.8. The molecule has 0 aromatic heterocycles. The molecule has 0 aliphatic rings. The summed E-state index contributed by atoms with van der Waals surface area (Å²) < 4.78 is 0. The van der Waals surface area contributed by atoms with Gasteiger partial charge in [-0.3, -0.25) is 29.6 Å². The third kappa shape index (κ3) is 9.79. The van der Waals surface area contributed by atoms with Gasteiger partial charge in [0.15, 0.2) is 0 Å². The largest absolute Gasteiger partial charge is 0.347 e. The van der Waals surface area contributed by atoms with Crippen LogP contribution in [0.2, 0.25) is 0 Å². The van der Waals surface area contributed by atoms with E-state index in [1.54, 1.807) is 0 Å². The molecule has 0 saturated carbocycles. The molecule has 0 aromatic carbocycles. The molecule has 10 heteroatoms. The van der Waals surface area contributed by atoms with Crippen molar-refractivity contribution in [3.05, 3.63) is 0 Å². The molecule has 0 aliphatic heterocycles. The fourth-order valence-electron chi connectivity index (χ4n) is 1.18. The van der Waals surface area contributed by atoms with Gasteiger partial charge in [0.2, 0.25) is 11.8 Å². The van der Waals surface area contributed by atoms with Gasteiger partial charge in [-0.2, -0.15) is 0 Å². The summed E-state index contributed by atoms with van der Waals surface area (Å²) in [7, 11) is 0. The Hall–Kier alpha value is -2.20. The lowest BCUT2D eigenvalue weighted by Gasteiger charge is -2.05. The van der Waals surface area contributed by atoms with Gasteiger partial charge in [0.05, 0.1) is 13.1 Å². The second kappa shape index (κ2) is 10.7. The summed E-state index contributed by atoms with van der Waals surface area (Å²) in [5.74, 6) is -2.18. The maximum atomic E-state index is 11.2. The van der Waals surface area contributed by atoms with Crippen LogP contribution in [0.15, 0.2) is 0 Å². The van der Waals surface area contributed by atoms with E-state index in [4.69, 9.17) is 10.4 Å². The molecule has 20 heavy (non-hydrogen) atoms. The van der Waals surface area contributed by atoms with E-state index >= 15 is 0 Å². The normalized spacial score (nSPS) is 9.50. The smallest absolute Gasteiger partial charge is 0.262 e. The van der Waals surface area contributed by atoms with E-state index in [2.05, 4.69) is 10.6 Å². The van der Waals surface area contributed by atoms with Gasteiger partial charge in [-0.05, 0) is 12.8 Å². The van der Waals surface area contributed by atoms with Crippen LogP contribution in [-0.2, 0) is 19.2 Å². The number of hydrogen-bond acceptors (Lipinski definition) is 6. The van der Waals surface area contributed by atoms with Crippen LogP contribution in [0, 0.1) is 0 Å². The van der Waals surface area contributed by atoms with Crippen molar-refractivity contribution in [1.29, 1.82) is 0 Å². The third-order valence-corrected chi connectivity index (χ3v) is 2.20. The molecular weight excluding hydrogens is 272 g/mol. The molecular formula is C10H18N4O6. The first-order valence-electron chi connectivity index (χ1n) is 5.89. The number of unbranched alkanes of at least 4 members (excludes halogenated alkanes) is 1. The van der Waals surface area contributed by atoms with Gasteiger partial charge in [-0.1, -0.05) is 0 Å². The van der Waals surface area contributed by atoms with Gasteiger partial charge in [0.1, 0.15) is 0 Å². The van der Waals surface area contributed by atoms with Gasteiger partial charge >= 0.3 is 0 Å². The van der Waals surface area contributed by atoms with Crippen molar-refractivity contribution in [2.24, 2.45) is 0 Å². The van der Waals surface area contributed by atoms with Gasteiger partial charge in [0, 0.05) is 12.8 Å². The minimum Gasteiger partial charge on any atom is -0.347 e. The Morgan fingerprint density at radius 1 is 0.650 bits per heavy atom. The number of hydrogen-bond donors (Lipinski definition) is 6. The van der Waals surface area contributed by atoms with Crippen LogP contribution < -0.4 is 21.6 Å². The molecule has 0 aromatic rings. The van der Waals surface area contributed by atoms with Crippen molar-refractivity contribution in [2.75, 3.05) is 13.1 Å².